The number of ether oxygens (including phenoxy) is 1. The van der Waals surface area contributed by atoms with Gasteiger partial charge in [0, 0.05) is 19.0 Å². The van der Waals surface area contributed by atoms with Gasteiger partial charge in [0.05, 0.1) is 19.3 Å². The number of anilines is 1. The van der Waals surface area contributed by atoms with Gasteiger partial charge in [-0.15, -0.1) is 0 Å². The monoisotopic (exact) mass is 365 g/mol. The Morgan fingerprint density at radius 3 is 2.42 bits per heavy atom. The smallest absolute Gasteiger partial charge is 0.220 e. The summed E-state index contributed by atoms with van der Waals surface area (Å²) < 4.78 is 11.9. The van der Waals surface area contributed by atoms with Crippen molar-refractivity contribution < 1.29 is 9.15 Å². The van der Waals surface area contributed by atoms with E-state index in [9.17, 15) is 0 Å². The first-order valence-electron chi connectivity index (χ1n) is 10.7. The number of hydrogen-bond donors (Lipinski definition) is 1. The number of oxazole rings is 1. The van der Waals surface area contributed by atoms with Crippen LogP contribution >= 0.6 is 0 Å². The lowest BCUT2D eigenvalue weighted by molar-refractivity contribution is 0.120. The van der Waals surface area contributed by atoms with E-state index in [0.717, 1.165) is 56.7 Å². The van der Waals surface area contributed by atoms with E-state index in [-0.39, 0.29) is 6.04 Å². The molecule has 1 fully saturated rings. The summed E-state index contributed by atoms with van der Waals surface area (Å²) in [7, 11) is 0. The van der Waals surface area contributed by atoms with Crippen LogP contribution in [0.1, 0.15) is 96.2 Å². The molecule has 0 amide bonds. The van der Waals surface area contributed by atoms with E-state index in [0.29, 0.717) is 5.92 Å². The number of unbranched alkanes of at least 4 members (excludes halogenated alkanes) is 4. The molecule has 0 saturated carbocycles. The molecule has 1 aromatic rings. The molecule has 0 aromatic carbocycles. The largest absolute Gasteiger partial charge is 0.423 e. The highest BCUT2D eigenvalue weighted by Gasteiger charge is 2.26. The minimum Gasteiger partial charge on any atom is -0.423 e. The lowest BCUT2D eigenvalue weighted by atomic mass is 10.1. The van der Waals surface area contributed by atoms with Gasteiger partial charge in [0.2, 0.25) is 11.8 Å². The highest BCUT2D eigenvalue weighted by atomic mass is 16.5. The van der Waals surface area contributed by atoms with E-state index in [1.54, 1.807) is 0 Å². The Morgan fingerprint density at radius 2 is 1.77 bits per heavy atom. The van der Waals surface area contributed by atoms with Crippen molar-refractivity contribution in [2.75, 3.05) is 37.7 Å². The maximum atomic E-state index is 6.36. The highest BCUT2D eigenvalue weighted by molar-refractivity contribution is 5.43. The molecule has 2 heterocycles. The maximum absolute atomic E-state index is 6.36. The van der Waals surface area contributed by atoms with Gasteiger partial charge < -0.3 is 19.4 Å². The average molecular weight is 366 g/mol. The van der Waals surface area contributed by atoms with Gasteiger partial charge in [0.15, 0.2) is 0 Å². The van der Waals surface area contributed by atoms with Gasteiger partial charge in [-0.2, -0.15) is 0 Å². The molecule has 0 bridgehead atoms. The van der Waals surface area contributed by atoms with Gasteiger partial charge >= 0.3 is 0 Å². The zero-order valence-electron chi connectivity index (χ0n) is 17.4. The number of hydrogen-bond acceptors (Lipinski definition) is 5. The van der Waals surface area contributed by atoms with Crippen molar-refractivity contribution in [3.05, 3.63) is 11.6 Å². The van der Waals surface area contributed by atoms with Crippen molar-refractivity contribution >= 4 is 5.88 Å². The summed E-state index contributed by atoms with van der Waals surface area (Å²) in [5, 5.41) is 3.70. The SMILES string of the molecule is CCCCCCC(NCCCC)c1nc(C(C)C)c(N2CCOCC2)o1. The van der Waals surface area contributed by atoms with Crippen LogP contribution in [0.5, 0.6) is 0 Å². The molecule has 26 heavy (non-hydrogen) atoms. The van der Waals surface area contributed by atoms with E-state index in [4.69, 9.17) is 14.1 Å². The lowest BCUT2D eigenvalue weighted by Gasteiger charge is -2.27. The second-order valence-electron chi connectivity index (χ2n) is 7.71. The second-order valence-corrected chi connectivity index (χ2v) is 7.71. The van der Waals surface area contributed by atoms with Crippen LogP contribution in [0.3, 0.4) is 0 Å². The van der Waals surface area contributed by atoms with Crippen LogP contribution in [-0.2, 0) is 4.74 Å². The normalized spacial score (nSPS) is 16.4. The minimum absolute atomic E-state index is 0.227. The molecule has 1 unspecified atom stereocenters. The Morgan fingerprint density at radius 1 is 1.04 bits per heavy atom. The minimum atomic E-state index is 0.227. The number of aromatic nitrogens is 1. The Balaban J connectivity index is 2.13. The van der Waals surface area contributed by atoms with E-state index in [2.05, 4.69) is 37.9 Å². The summed E-state index contributed by atoms with van der Waals surface area (Å²) in [5.41, 5.74) is 1.10. The molecule has 2 rings (SSSR count). The van der Waals surface area contributed by atoms with E-state index < -0.39 is 0 Å². The van der Waals surface area contributed by atoms with Crippen LogP contribution in [0.25, 0.3) is 0 Å². The molecular weight excluding hydrogens is 326 g/mol. The van der Waals surface area contributed by atoms with Crippen LogP contribution in [0.15, 0.2) is 4.42 Å². The molecule has 0 spiro atoms. The zero-order chi connectivity index (χ0) is 18.8. The van der Waals surface area contributed by atoms with Crippen LogP contribution in [-0.4, -0.2) is 37.8 Å². The predicted molar refractivity (Wildman–Crippen MR) is 108 cm³/mol. The van der Waals surface area contributed by atoms with Gasteiger partial charge in [-0.3, -0.25) is 0 Å². The number of morpholine rings is 1. The third-order valence-corrected chi connectivity index (χ3v) is 5.06. The van der Waals surface area contributed by atoms with Crippen molar-refractivity contribution in [2.24, 2.45) is 0 Å². The Hall–Kier alpha value is -1.07. The van der Waals surface area contributed by atoms with E-state index >= 15 is 0 Å². The summed E-state index contributed by atoms with van der Waals surface area (Å²) in [6.07, 6.45) is 8.59. The van der Waals surface area contributed by atoms with Gasteiger partial charge in [0.1, 0.15) is 5.69 Å². The topological polar surface area (TPSA) is 50.5 Å². The van der Waals surface area contributed by atoms with Crippen LogP contribution < -0.4 is 10.2 Å². The molecule has 150 valence electrons. The third kappa shape index (κ3) is 6.27. The summed E-state index contributed by atoms with van der Waals surface area (Å²) in [6.45, 7) is 13.2. The fourth-order valence-electron chi connectivity index (χ4n) is 3.40. The van der Waals surface area contributed by atoms with E-state index in [1.165, 1.54) is 38.5 Å². The molecule has 1 aliphatic rings. The molecule has 0 radical (unpaired) electrons. The summed E-state index contributed by atoms with van der Waals surface area (Å²) >= 11 is 0. The van der Waals surface area contributed by atoms with Crippen LogP contribution in [0, 0.1) is 0 Å². The van der Waals surface area contributed by atoms with Gasteiger partial charge in [-0.05, 0) is 19.4 Å². The van der Waals surface area contributed by atoms with Crippen molar-refractivity contribution in [2.45, 2.75) is 84.6 Å². The molecule has 5 heteroatoms. The Kier molecular flexibility index (Phi) is 9.48. The third-order valence-electron chi connectivity index (χ3n) is 5.06. The average Bonchev–Trinajstić information content (AvgIpc) is 3.10. The summed E-state index contributed by atoms with van der Waals surface area (Å²) in [4.78, 5) is 7.25. The molecule has 1 aliphatic heterocycles. The first kappa shape index (κ1) is 21.2. The van der Waals surface area contributed by atoms with Crippen molar-refractivity contribution in [3.63, 3.8) is 0 Å². The number of nitrogens with one attached hydrogen (secondary N) is 1. The first-order valence-corrected chi connectivity index (χ1v) is 10.7. The zero-order valence-corrected chi connectivity index (χ0v) is 17.4. The number of nitrogens with zero attached hydrogens (tertiary/aromatic N) is 2. The van der Waals surface area contributed by atoms with Crippen molar-refractivity contribution in [1.82, 2.24) is 10.3 Å². The lowest BCUT2D eigenvalue weighted by Crippen LogP contribution is -2.36. The molecular formula is C21H39N3O2. The molecule has 1 N–H and O–H groups in total. The quantitative estimate of drug-likeness (QED) is 0.526. The van der Waals surface area contributed by atoms with Gasteiger partial charge in [-0.1, -0.05) is 59.8 Å². The molecule has 5 nitrogen and oxygen atoms in total. The number of rotatable bonds is 12. The van der Waals surface area contributed by atoms with E-state index in [1.807, 2.05) is 0 Å². The Bertz CT molecular complexity index is 495. The first-order chi connectivity index (χ1) is 12.7. The van der Waals surface area contributed by atoms with Gasteiger partial charge in [-0.25, -0.2) is 4.98 Å². The molecule has 1 atom stereocenters. The highest BCUT2D eigenvalue weighted by Crippen LogP contribution is 2.32. The summed E-state index contributed by atoms with van der Waals surface area (Å²) in [6, 6.07) is 0.227. The fourth-order valence-corrected chi connectivity index (χ4v) is 3.40. The Labute approximate surface area is 159 Å². The second kappa shape index (κ2) is 11.6. The molecule has 1 aromatic heterocycles. The van der Waals surface area contributed by atoms with Gasteiger partial charge in [0.25, 0.3) is 0 Å². The van der Waals surface area contributed by atoms with Crippen LogP contribution in [0.2, 0.25) is 0 Å². The standard InChI is InChI=1S/C21H39N3O2/c1-5-7-9-10-11-18(22-12-8-6-2)20-23-19(17(3)4)21(26-20)24-13-15-25-16-14-24/h17-18,22H,5-16H2,1-4H3. The van der Waals surface area contributed by atoms with Crippen LogP contribution in [0.4, 0.5) is 5.88 Å². The van der Waals surface area contributed by atoms with Crippen molar-refractivity contribution in [1.29, 1.82) is 0 Å². The summed E-state index contributed by atoms with van der Waals surface area (Å²) in [5.74, 6) is 2.21. The fraction of sp³-hybridized carbons (Fsp3) is 0.857. The molecule has 0 aliphatic carbocycles. The maximum Gasteiger partial charge on any atom is 0.220 e. The molecule has 1 saturated heterocycles. The predicted octanol–water partition coefficient (Wildman–Crippen LogP) is 5.04. The van der Waals surface area contributed by atoms with Crippen molar-refractivity contribution in [3.8, 4) is 0 Å².